The molecule has 4 aromatic carbocycles. The Hall–Kier alpha value is -2.77. The van der Waals surface area contributed by atoms with Crippen LogP contribution in [0.4, 0.5) is 0 Å². The summed E-state index contributed by atoms with van der Waals surface area (Å²) < 4.78 is 0. The predicted octanol–water partition coefficient (Wildman–Crippen LogP) is 6.79. The molecule has 5 rings (SSSR count). The van der Waals surface area contributed by atoms with Gasteiger partial charge in [0.1, 0.15) is 0 Å². The van der Waals surface area contributed by atoms with Gasteiger partial charge in [-0.2, -0.15) is 0 Å². The van der Waals surface area contributed by atoms with Gasteiger partial charge in [0.2, 0.25) is 0 Å². The molecule has 1 nitrogen and oxygen atoms in total. The molecule has 114 valence electrons. The van der Waals surface area contributed by atoms with Gasteiger partial charge in [-0.1, -0.05) is 66.2 Å². The number of para-hydroxylation sites is 1. The number of aromatic amines is 1. The zero-order valence-corrected chi connectivity index (χ0v) is 13.6. The minimum atomic E-state index is 0.760. The van der Waals surface area contributed by atoms with E-state index in [4.69, 9.17) is 11.6 Å². The first-order valence-corrected chi connectivity index (χ1v) is 8.36. The standard InChI is InChI=1S/C22H14ClN/c23-17-12-19(16-10-9-14-5-1-2-6-15(14)11-16)22-20(13-17)18-7-3-4-8-21(18)24-22/h1-13,24H. The summed E-state index contributed by atoms with van der Waals surface area (Å²) in [5.41, 5.74) is 4.58. The minimum absolute atomic E-state index is 0.760. The SMILES string of the molecule is Clc1cc(-c2ccc3ccccc3c2)c2[nH]c3ccccc3c2c1. The molecule has 1 heterocycles. The molecule has 1 N–H and O–H groups in total. The highest BCUT2D eigenvalue weighted by Gasteiger charge is 2.11. The molecule has 0 aliphatic carbocycles. The van der Waals surface area contributed by atoms with Crippen LogP contribution in [0.1, 0.15) is 0 Å². The smallest absolute Gasteiger partial charge is 0.0545 e. The molecule has 0 atom stereocenters. The van der Waals surface area contributed by atoms with Crippen molar-refractivity contribution < 1.29 is 0 Å². The molecular weight excluding hydrogens is 314 g/mol. The Labute approximate surface area is 144 Å². The lowest BCUT2D eigenvalue weighted by Gasteiger charge is -2.07. The molecule has 2 heteroatoms. The van der Waals surface area contributed by atoms with E-state index < -0.39 is 0 Å². The van der Waals surface area contributed by atoms with Gasteiger partial charge in [-0.15, -0.1) is 0 Å². The lowest BCUT2D eigenvalue weighted by Crippen LogP contribution is -1.82. The van der Waals surface area contributed by atoms with Crippen molar-refractivity contribution in [3.8, 4) is 11.1 Å². The Morgan fingerprint density at radius 1 is 0.667 bits per heavy atom. The van der Waals surface area contributed by atoms with Gasteiger partial charge in [0, 0.05) is 26.9 Å². The second-order valence-corrected chi connectivity index (χ2v) is 6.54. The first-order chi connectivity index (χ1) is 11.8. The van der Waals surface area contributed by atoms with Crippen molar-refractivity contribution in [1.82, 2.24) is 4.98 Å². The highest BCUT2D eigenvalue weighted by atomic mass is 35.5. The van der Waals surface area contributed by atoms with Crippen molar-refractivity contribution >= 4 is 44.2 Å². The zero-order chi connectivity index (χ0) is 16.1. The quantitative estimate of drug-likeness (QED) is 0.348. The van der Waals surface area contributed by atoms with Crippen molar-refractivity contribution in [1.29, 1.82) is 0 Å². The molecule has 0 spiro atoms. The van der Waals surface area contributed by atoms with Crippen LogP contribution in [0.5, 0.6) is 0 Å². The molecule has 0 saturated carbocycles. The molecule has 0 aliphatic heterocycles. The average Bonchev–Trinajstić information content (AvgIpc) is 2.99. The fourth-order valence-electron chi connectivity index (χ4n) is 3.50. The number of hydrogen-bond donors (Lipinski definition) is 1. The maximum Gasteiger partial charge on any atom is 0.0545 e. The molecule has 0 saturated heterocycles. The summed E-state index contributed by atoms with van der Waals surface area (Å²) in [5, 5.41) is 5.61. The summed E-state index contributed by atoms with van der Waals surface area (Å²) in [6.07, 6.45) is 0. The van der Waals surface area contributed by atoms with Crippen LogP contribution < -0.4 is 0 Å². The van der Waals surface area contributed by atoms with E-state index in [-0.39, 0.29) is 0 Å². The number of halogens is 1. The summed E-state index contributed by atoms with van der Waals surface area (Å²) in [6.45, 7) is 0. The van der Waals surface area contributed by atoms with Gasteiger partial charge in [-0.05, 0) is 40.6 Å². The van der Waals surface area contributed by atoms with Crippen molar-refractivity contribution in [2.45, 2.75) is 0 Å². The van der Waals surface area contributed by atoms with E-state index in [1.807, 2.05) is 12.1 Å². The van der Waals surface area contributed by atoms with Gasteiger partial charge in [0.25, 0.3) is 0 Å². The molecule has 0 unspecified atom stereocenters. The van der Waals surface area contributed by atoms with E-state index >= 15 is 0 Å². The first-order valence-electron chi connectivity index (χ1n) is 7.99. The third-order valence-corrected chi connectivity index (χ3v) is 4.86. The van der Waals surface area contributed by atoms with Crippen LogP contribution in [0.25, 0.3) is 43.7 Å². The van der Waals surface area contributed by atoms with Crippen molar-refractivity contribution in [3.63, 3.8) is 0 Å². The Balaban J connectivity index is 1.87. The number of rotatable bonds is 1. The molecule has 5 aromatic rings. The predicted molar refractivity (Wildman–Crippen MR) is 104 cm³/mol. The van der Waals surface area contributed by atoms with E-state index in [1.54, 1.807) is 0 Å². The number of fused-ring (bicyclic) bond motifs is 4. The van der Waals surface area contributed by atoms with Crippen molar-refractivity contribution in [2.75, 3.05) is 0 Å². The fourth-order valence-corrected chi connectivity index (χ4v) is 3.72. The number of benzene rings is 4. The van der Waals surface area contributed by atoms with E-state index in [1.165, 1.54) is 27.1 Å². The van der Waals surface area contributed by atoms with Gasteiger partial charge in [-0.25, -0.2) is 0 Å². The number of hydrogen-bond acceptors (Lipinski definition) is 0. The van der Waals surface area contributed by atoms with Crippen molar-refractivity contribution in [2.24, 2.45) is 0 Å². The molecule has 0 aliphatic rings. The van der Waals surface area contributed by atoms with Crippen LogP contribution in [-0.4, -0.2) is 4.98 Å². The number of nitrogens with one attached hydrogen (secondary N) is 1. The lowest BCUT2D eigenvalue weighted by atomic mass is 9.99. The van der Waals surface area contributed by atoms with E-state index in [0.717, 1.165) is 21.6 Å². The highest BCUT2D eigenvalue weighted by molar-refractivity contribution is 6.32. The van der Waals surface area contributed by atoms with Crippen LogP contribution in [0, 0.1) is 0 Å². The van der Waals surface area contributed by atoms with Gasteiger partial charge in [0.05, 0.1) is 5.52 Å². The average molecular weight is 328 g/mol. The van der Waals surface area contributed by atoms with Crippen LogP contribution in [0.3, 0.4) is 0 Å². The lowest BCUT2D eigenvalue weighted by molar-refractivity contribution is 1.54. The highest BCUT2D eigenvalue weighted by Crippen LogP contribution is 2.36. The monoisotopic (exact) mass is 327 g/mol. The maximum absolute atomic E-state index is 6.44. The third-order valence-electron chi connectivity index (χ3n) is 4.64. The van der Waals surface area contributed by atoms with Crippen LogP contribution in [-0.2, 0) is 0 Å². The van der Waals surface area contributed by atoms with E-state index in [9.17, 15) is 0 Å². The largest absolute Gasteiger partial charge is 0.354 e. The molecule has 1 aromatic heterocycles. The molecule has 0 bridgehead atoms. The van der Waals surface area contributed by atoms with Gasteiger partial charge in [-0.3, -0.25) is 0 Å². The second-order valence-electron chi connectivity index (χ2n) is 6.11. The Kier molecular flexibility index (Phi) is 2.91. The van der Waals surface area contributed by atoms with E-state index in [0.29, 0.717) is 0 Å². The number of aromatic nitrogens is 1. The topological polar surface area (TPSA) is 15.8 Å². The third kappa shape index (κ3) is 2.02. The maximum atomic E-state index is 6.44. The summed E-state index contributed by atoms with van der Waals surface area (Å²) >= 11 is 6.44. The van der Waals surface area contributed by atoms with Crippen LogP contribution in [0.15, 0.2) is 78.9 Å². The van der Waals surface area contributed by atoms with Crippen LogP contribution >= 0.6 is 11.6 Å². The molecule has 0 radical (unpaired) electrons. The molecule has 0 fully saturated rings. The van der Waals surface area contributed by atoms with E-state index in [2.05, 4.69) is 71.7 Å². The van der Waals surface area contributed by atoms with Gasteiger partial charge in [0.15, 0.2) is 0 Å². The molecular formula is C22H14ClN. The first kappa shape index (κ1) is 13.6. The molecule has 24 heavy (non-hydrogen) atoms. The van der Waals surface area contributed by atoms with Crippen LogP contribution in [0.2, 0.25) is 5.02 Å². The second kappa shape index (κ2) is 5.12. The normalized spacial score (nSPS) is 11.5. The zero-order valence-electron chi connectivity index (χ0n) is 12.9. The number of H-pyrrole nitrogens is 1. The summed E-state index contributed by atoms with van der Waals surface area (Å²) in [6, 6.07) is 27.4. The summed E-state index contributed by atoms with van der Waals surface area (Å²) in [5.74, 6) is 0. The Morgan fingerprint density at radius 2 is 1.46 bits per heavy atom. The Bertz CT molecular complexity index is 1220. The van der Waals surface area contributed by atoms with Gasteiger partial charge >= 0.3 is 0 Å². The Morgan fingerprint density at radius 3 is 2.38 bits per heavy atom. The summed E-state index contributed by atoms with van der Waals surface area (Å²) in [4.78, 5) is 3.56. The van der Waals surface area contributed by atoms with Crippen molar-refractivity contribution in [3.05, 3.63) is 83.9 Å². The minimum Gasteiger partial charge on any atom is -0.354 e. The molecule has 0 amide bonds. The van der Waals surface area contributed by atoms with Gasteiger partial charge < -0.3 is 4.98 Å². The fraction of sp³-hybridized carbons (Fsp3) is 0. The summed E-state index contributed by atoms with van der Waals surface area (Å²) in [7, 11) is 0.